The second kappa shape index (κ2) is 7.98. The third-order valence-electron chi connectivity index (χ3n) is 3.96. The molecule has 2 aromatic heterocycles. The minimum Gasteiger partial charge on any atom is -0.451 e. The number of esters is 1. The number of amides is 1. The number of nitrogens with zero attached hydrogens (tertiary/aromatic N) is 1. The molecule has 0 saturated heterocycles. The van der Waals surface area contributed by atoms with Gasteiger partial charge < -0.3 is 14.5 Å². The van der Waals surface area contributed by atoms with Crippen molar-refractivity contribution in [2.45, 2.75) is 34.3 Å². The monoisotopic (exact) mass is 398 g/mol. The van der Waals surface area contributed by atoms with E-state index in [2.05, 4.69) is 10.3 Å². The van der Waals surface area contributed by atoms with E-state index in [0.717, 1.165) is 11.1 Å². The van der Waals surface area contributed by atoms with E-state index in [1.165, 1.54) is 11.3 Å². The first-order valence-corrected chi connectivity index (χ1v) is 9.65. The standard InChI is InChI=1S/C21H22N2O4S/c1-13-10-17(23-20(25)21(2,3)4)28-18(13)19(24)26-12-16-22-11-15(27-16)14-8-6-5-7-9-14/h5-11H,12H2,1-4H3,(H,23,25). The maximum atomic E-state index is 12.4. The molecule has 146 valence electrons. The largest absolute Gasteiger partial charge is 0.451 e. The number of carbonyl (C=O) groups excluding carboxylic acids is 2. The van der Waals surface area contributed by atoms with Crippen LogP contribution in [0.1, 0.15) is 41.9 Å². The van der Waals surface area contributed by atoms with Gasteiger partial charge in [0.15, 0.2) is 12.4 Å². The molecule has 28 heavy (non-hydrogen) atoms. The molecule has 0 radical (unpaired) electrons. The topological polar surface area (TPSA) is 81.4 Å². The predicted octanol–water partition coefficient (Wildman–Crippen LogP) is 5.05. The van der Waals surface area contributed by atoms with Crippen molar-refractivity contribution in [2.75, 3.05) is 5.32 Å². The zero-order chi connectivity index (χ0) is 20.3. The van der Waals surface area contributed by atoms with Crippen molar-refractivity contribution in [3.63, 3.8) is 0 Å². The number of aromatic nitrogens is 1. The quantitative estimate of drug-likeness (QED) is 0.608. The van der Waals surface area contributed by atoms with E-state index >= 15 is 0 Å². The minimum absolute atomic E-state index is 0.0628. The number of hydrogen-bond donors (Lipinski definition) is 1. The van der Waals surface area contributed by atoms with Crippen molar-refractivity contribution in [1.82, 2.24) is 4.98 Å². The van der Waals surface area contributed by atoms with Gasteiger partial charge in [0.2, 0.25) is 11.8 Å². The maximum Gasteiger partial charge on any atom is 0.349 e. The highest BCUT2D eigenvalue weighted by molar-refractivity contribution is 7.18. The van der Waals surface area contributed by atoms with Crippen LogP contribution >= 0.6 is 11.3 Å². The van der Waals surface area contributed by atoms with Crippen molar-refractivity contribution in [2.24, 2.45) is 5.41 Å². The summed E-state index contributed by atoms with van der Waals surface area (Å²) in [5, 5.41) is 3.45. The molecule has 6 nitrogen and oxygen atoms in total. The molecule has 3 aromatic rings. The Bertz CT molecular complexity index is 984. The maximum absolute atomic E-state index is 12.4. The summed E-state index contributed by atoms with van der Waals surface area (Å²) in [7, 11) is 0. The van der Waals surface area contributed by atoms with Gasteiger partial charge in [0.05, 0.1) is 11.2 Å². The van der Waals surface area contributed by atoms with E-state index in [1.54, 1.807) is 19.2 Å². The average Bonchev–Trinajstić information content (AvgIpc) is 3.26. The van der Waals surface area contributed by atoms with Gasteiger partial charge in [-0.3, -0.25) is 4.79 Å². The Morgan fingerprint density at radius 3 is 2.61 bits per heavy atom. The fraction of sp³-hybridized carbons (Fsp3) is 0.286. The third-order valence-corrected chi connectivity index (χ3v) is 5.09. The van der Waals surface area contributed by atoms with Crippen molar-refractivity contribution in [3.8, 4) is 11.3 Å². The highest BCUT2D eigenvalue weighted by Gasteiger charge is 2.23. The molecule has 0 spiro atoms. The van der Waals surface area contributed by atoms with Crippen LogP contribution in [0.25, 0.3) is 11.3 Å². The van der Waals surface area contributed by atoms with Crippen LogP contribution in [-0.4, -0.2) is 16.9 Å². The Hall–Kier alpha value is -2.93. The third kappa shape index (κ3) is 4.67. The minimum atomic E-state index is -0.514. The number of hydrogen-bond acceptors (Lipinski definition) is 6. The first-order chi connectivity index (χ1) is 13.2. The number of nitrogens with one attached hydrogen (secondary N) is 1. The number of carbonyl (C=O) groups is 2. The molecule has 2 heterocycles. The normalized spacial score (nSPS) is 11.3. The van der Waals surface area contributed by atoms with Crippen LogP contribution in [0.5, 0.6) is 0 Å². The van der Waals surface area contributed by atoms with Crippen LogP contribution in [0.4, 0.5) is 5.00 Å². The molecule has 1 amide bonds. The Morgan fingerprint density at radius 1 is 1.21 bits per heavy atom. The van der Waals surface area contributed by atoms with E-state index in [-0.39, 0.29) is 12.5 Å². The van der Waals surface area contributed by atoms with Crippen molar-refractivity contribution in [1.29, 1.82) is 0 Å². The second-order valence-electron chi connectivity index (χ2n) is 7.39. The van der Waals surface area contributed by atoms with Crippen molar-refractivity contribution >= 4 is 28.2 Å². The summed E-state index contributed by atoms with van der Waals surface area (Å²) < 4.78 is 11.0. The van der Waals surface area contributed by atoms with Gasteiger partial charge in [-0.2, -0.15) is 0 Å². The number of aryl methyl sites for hydroxylation is 1. The highest BCUT2D eigenvalue weighted by atomic mass is 32.1. The van der Waals surface area contributed by atoms with Crippen molar-refractivity contribution in [3.05, 3.63) is 58.9 Å². The van der Waals surface area contributed by atoms with Gasteiger partial charge in [0.25, 0.3) is 0 Å². The van der Waals surface area contributed by atoms with Gasteiger partial charge in [-0.05, 0) is 18.6 Å². The number of rotatable bonds is 5. The molecular formula is C21H22N2O4S. The van der Waals surface area contributed by atoms with E-state index in [0.29, 0.717) is 21.5 Å². The van der Waals surface area contributed by atoms with E-state index in [9.17, 15) is 9.59 Å². The van der Waals surface area contributed by atoms with Gasteiger partial charge in [-0.15, -0.1) is 11.3 Å². The fourth-order valence-electron chi connectivity index (χ4n) is 2.35. The Morgan fingerprint density at radius 2 is 1.93 bits per heavy atom. The molecule has 0 aliphatic heterocycles. The lowest BCUT2D eigenvalue weighted by Crippen LogP contribution is -2.27. The second-order valence-corrected chi connectivity index (χ2v) is 8.44. The van der Waals surface area contributed by atoms with Crippen LogP contribution in [0.3, 0.4) is 0 Å². The number of benzene rings is 1. The van der Waals surface area contributed by atoms with Gasteiger partial charge in [-0.25, -0.2) is 9.78 Å². The van der Waals surface area contributed by atoms with E-state index in [4.69, 9.17) is 9.15 Å². The Kier molecular flexibility index (Phi) is 5.65. The molecule has 0 saturated carbocycles. The lowest BCUT2D eigenvalue weighted by atomic mass is 9.96. The zero-order valence-electron chi connectivity index (χ0n) is 16.2. The SMILES string of the molecule is Cc1cc(NC(=O)C(C)(C)C)sc1C(=O)OCc1ncc(-c2ccccc2)o1. The van der Waals surface area contributed by atoms with Crippen LogP contribution in [-0.2, 0) is 16.1 Å². The highest BCUT2D eigenvalue weighted by Crippen LogP contribution is 2.29. The molecule has 3 rings (SSSR count). The number of oxazole rings is 1. The van der Waals surface area contributed by atoms with Gasteiger partial charge in [0, 0.05) is 11.0 Å². The fourth-order valence-corrected chi connectivity index (χ4v) is 3.31. The Balaban J connectivity index is 1.63. The summed E-state index contributed by atoms with van der Waals surface area (Å²) in [5.74, 6) is 0.355. The average molecular weight is 398 g/mol. The molecule has 0 atom stereocenters. The molecule has 0 aliphatic rings. The van der Waals surface area contributed by atoms with Crippen LogP contribution < -0.4 is 5.32 Å². The number of anilines is 1. The smallest absolute Gasteiger partial charge is 0.349 e. The molecule has 0 unspecified atom stereocenters. The number of thiophene rings is 1. The van der Waals surface area contributed by atoms with Gasteiger partial charge in [-0.1, -0.05) is 51.1 Å². The summed E-state index contributed by atoms with van der Waals surface area (Å²) >= 11 is 1.19. The molecular weight excluding hydrogens is 376 g/mol. The van der Waals surface area contributed by atoms with E-state index < -0.39 is 11.4 Å². The van der Waals surface area contributed by atoms with Crippen LogP contribution in [0, 0.1) is 12.3 Å². The predicted molar refractivity (Wildman–Crippen MR) is 108 cm³/mol. The van der Waals surface area contributed by atoms with Crippen molar-refractivity contribution < 1.29 is 18.7 Å². The van der Waals surface area contributed by atoms with Crippen LogP contribution in [0.15, 0.2) is 47.0 Å². The summed E-state index contributed by atoms with van der Waals surface area (Å²) in [5.41, 5.74) is 1.14. The summed E-state index contributed by atoms with van der Waals surface area (Å²) in [6, 6.07) is 11.3. The van der Waals surface area contributed by atoms with Gasteiger partial charge in [0.1, 0.15) is 4.88 Å². The summed E-state index contributed by atoms with van der Waals surface area (Å²) in [6.45, 7) is 7.24. The molecule has 1 N–H and O–H groups in total. The molecule has 0 fully saturated rings. The molecule has 0 aliphatic carbocycles. The van der Waals surface area contributed by atoms with Gasteiger partial charge >= 0.3 is 5.97 Å². The Labute approximate surface area is 167 Å². The lowest BCUT2D eigenvalue weighted by Gasteiger charge is -2.16. The molecule has 7 heteroatoms. The summed E-state index contributed by atoms with van der Waals surface area (Å²) in [4.78, 5) is 29.1. The first-order valence-electron chi connectivity index (χ1n) is 8.83. The lowest BCUT2D eigenvalue weighted by molar-refractivity contribution is -0.123. The zero-order valence-corrected chi connectivity index (χ0v) is 17.1. The molecule has 1 aromatic carbocycles. The first kappa shape index (κ1) is 19.8. The van der Waals surface area contributed by atoms with E-state index in [1.807, 2.05) is 51.1 Å². The number of ether oxygens (including phenoxy) is 1. The summed E-state index contributed by atoms with van der Waals surface area (Å²) in [6.07, 6.45) is 1.61. The molecule has 0 bridgehead atoms. The van der Waals surface area contributed by atoms with Crippen LogP contribution in [0.2, 0.25) is 0 Å².